The summed E-state index contributed by atoms with van der Waals surface area (Å²) < 4.78 is 5.24. The Balaban J connectivity index is 1.61. The number of carbonyl (C=O) groups is 4. The van der Waals surface area contributed by atoms with Crippen LogP contribution in [0.3, 0.4) is 0 Å². The quantitative estimate of drug-likeness (QED) is 0.442. The van der Waals surface area contributed by atoms with E-state index in [2.05, 4.69) is 10.6 Å². The molecule has 0 aliphatic carbocycles. The fourth-order valence-corrected chi connectivity index (χ4v) is 3.27. The van der Waals surface area contributed by atoms with E-state index >= 15 is 0 Å². The Morgan fingerprint density at radius 2 is 2.11 bits per heavy atom. The number of carboxylic acid groups (broad SMARTS) is 1. The maximum atomic E-state index is 12.7. The van der Waals surface area contributed by atoms with Crippen molar-refractivity contribution < 1.29 is 29.0 Å². The molecule has 9 heteroatoms. The van der Waals surface area contributed by atoms with Crippen LogP contribution in [0.4, 0.5) is 5.69 Å². The summed E-state index contributed by atoms with van der Waals surface area (Å²) >= 11 is 0. The van der Waals surface area contributed by atoms with E-state index in [1.807, 2.05) is 6.07 Å². The zero-order chi connectivity index (χ0) is 19.4. The van der Waals surface area contributed by atoms with Gasteiger partial charge >= 0.3 is 5.97 Å². The SMILES string of the molecule is O=C(O)CCOCCNc1cccc2c1CN([C@H]1CCC(=O)NC1=O)C2=O. The first-order valence-electron chi connectivity index (χ1n) is 8.77. The predicted molar refractivity (Wildman–Crippen MR) is 94.0 cm³/mol. The molecule has 1 atom stereocenters. The second kappa shape index (κ2) is 8.17. The minimum atomic E-state index is -0.907. The van der Waals surface area contributed by atoms with Gasteiger partial charge in [0.2, 0.25) is 11.8 Å². The molecule has 27 heavy (non-hydrogen) atoms. The van der Waals surface area contributed by atoms with Gasteiger partial charge in [0.25, 0.3) is 5.91 Å². The smallest absolute Gasteiger partial charge is 0.305 e. The number of imide groups is 1. The van der Waals surface area contributed by atoms with Gasteiger partial charge in [-0.2, -0.15) is 0 Å². The summed E-state index contributed by atoms with van der Waals surface area (Å²) in [7, 11) is 0. The Bertz CT molecular complexity index is 778. The summed E-state index contributed by atoms with van der Waals surface area (Å²) in [6, 6.07) is 4.68. The average Bonchev–Trinajstić information content (AvgIpc) is 2.95. The fourth-order valence-electron chi connectivity index (χ4n) is 3.27. The number of aliphatic carboxylic acids is 1. The third kappa shape index (κ3) is 4.25. The lowest BCUT2D eigenvalue weighted by molar-refractivity contribution is -0.138. The van der Waals surface area contributed by atoms with Crippen LogP contribution in [0.2, 0.25) is 0 Å². The summed E-state index contributed by atoms with van der Waals surface area (Å²) in [5.41, 5.74) is 2.12. The van der Waals surface area contributed by atoms with Crippen LogP contribution in [0.25, 0.3) is 0 Å². The topological polar surface area (TPSA) is 125 Å². The van der Waals surface area contributed by atoms with E-state index in [1.54, 1.807) is 12.1 Å². The molecule has 0 unspecified atom stereocenters. The molecule has 0 bridgehead atoms. The number of rotatable bonds is 8. The highest BCUT2D eigenvalue weighted by Crippen LogP contribution is 2.32. The lowest BCUT2D eigenvalue weighted by Gasteiger charge is -2.29. The first kappa shape index (κ1) is 18.8. The maximum absolute atomic E-state index is 12.7. The Morgan fingerprint density at radius 3 is 2.85 bits per heavy atom. The van der Waals surface area contributed by atoms with E-state index in [1.165, 1.54) is 4.90 Å². The lowest BCUT2D eigenvalue weighted by atomic mass is 10.0. The van der Waals surface area contributed by atoms with Gasteiger partial charge < -0.3 is 20.1 Å². The molecule has 1 fully saturated rings. The number of amides is 3. The van der Waals surface area contributed by atoms with Crippen LogP contribution in [0.5, 0.6) is 0 Å². The van der Waals surface area contributed by atoms with Crippen LogP contribution in [-0.4, -0.2) is 59.5 Å². The lowest BCUT2D eigenvalue weighted by Crippen LogP contribution is -2.52. The van der Waals surface area contributed by atoms with Gasteiger partial charge in [-0.3, -0.25) is 24.5 Å². The molecule has 1 saturated heterocycles. The van der Waals surface area contributed by atoms with Crippen LogP contribution in [0.1, 0.15) is 35.2 Å². The number of anilines is 1. The monoisotopic (exact) mass is 375 g/mol. The highest BCUT2D eigenvalue weighted by atomic mass is 16.5. The Hall–Kier alpha value is -2.94. The van der Waals surface area contributed by atoms with Crippen molar-refractivity contribution in [3.05, 3.63) is 29.3 Å². The molecule has 1 aromatic carbocycles. The molecule has 2 aliphatic heterocycles. The largest absolute Gasteiger partial charge is 0.481 e. The van der Waals surface area contributed by atoms with Crippen molar-refractivity contribution in [3.8, 4) is 0 Å². The number of benzene rings is 1. The highest BCUT2D eigenvalue weighted by Gasteiger charge is 2.39. The van der Waals surface area contributed by atoms with Crippen molar-refractivity contribution in [1.29, 1.82) is 0 Å². The van der Waals surface area contributed by atoms with Gasteiger partial charge in [-0.1, -0.05) is 6.07 Å². The van der Waals surface area contributed by atoms with Gasteiger partial charge in [-0.15, -0.1) is 0 Å². The molecule has 0 aromatic heterocycles. The van der Waals surface area contributed by atoms with Crippen LogP contribution in [-0.2, 0) is 25.7 Å². The Morgan fingerprint density at radius 1 is 1.30 bits per heavy atom. The van der Waals surface area contributed by atoms with Gasteiger partial charge in [-0.25, -0.2) is 0 Å². The summed E-state index contributed by atoms with van der Waals surface area (Å²) in [5.74, 6) is -1.88. The summed E-state index contributed by atoms with van der Waals surface area (Å²) in [6.45, 7) is 1.24. The normalized spacial score (nSPS) is 19.0. The molecule has 2 aliphatic rings. The number of piperidine rings is 1. The van der Waals surface area contributed by atoms with Crippen LogP contribution < -0.4 is 10.6 Å². The minimum Gasteiger partial charge on any atom is -0.481 e. The number of hydrogen-bond acceptors (Lipinski definition) is 6. The molecule has 2 heterocycles. The number of nitrogens with zero attached hydrogens (tertiary/aromatic N) is 1. The van der Waals surface area contributed by atoms with Gasteiger partial charge in [0.1, 0.15) is 6.04 Å². The van der Waals surface area contributed by atoms with Gasteiger partial charge in [-0.05, 0) is 18.6 Å². The molecule has 3 rings (SSSR count). The molecule has 1 aromatic rings. The van der Waals surface area contributed by atoms with Crippen molar-refractivity contribution in [2.75, 3.05) is 25.1 Å². The third-order valence-electron chi connectivity index (χ3n) is 4.60. The number of hydrogen-bond donors (Lipinski definition) is 3. The first-order valence-corrected chi connectivity index (χ1v) is 8.77. The van der Waals surface area contributed by atoms with Gasteiger partial charge in [0, 0.05) is 36.3 Å². The molecule has 0 spiro atoms. The van der Waals surface area contributed by atoms with E-state index in [9.17, 15) is 19.2 Å². The first-order chi connectivity index (χ1) is 13.0. The summed E-state index contributed by atoms with van der Waals surface area (Å²) in [5, 5.41) is 14.0. The van der Waals surface area contributed by atoms with E-state index in [0.29, 0.717) is 31.7 Å². The van der Waals surface area contributed by atoms with E-state index in [-0.39, 0.29) is 31.3 Å². The molecule has 9 nitrogen and oxygen atoms in total. The molecule has 0 saturated carbocycles. The molecular formula is C18H21N3O6. The van der Waals surface area contributed by atoms with E-state index in [0.717, 1.165) is 11.3 Å². The second-order valence-corrected chi connectivity index (χ2v) is 6.41. The third-order valence-corrected chi connectivity index (χ3v) is 4.60. The van der Waals surface area contributed by atoms with E-state index in [4.69, 9.17) is 9.84 Å². The average molecular weight is 375 g/mol. The highest BCUT2D eigenvalue weighted by molar-refractivity contribution is 6.06. The fraction of sp³-hybridized carbons (Fsp3) is 0.444. The standard InChI is InChI=1S/C18H21N3O6/c22-15-5-4-14(17(25)20-15)21-10-12-11(18(21)26)2-1-3-13(12)19-7-9-27-8-6-16(23)24/h1-3,14,19H,4-10H2,(H,23,24)(H,20,22,25)/t14-/m0/s1. The Labute approximate surface area is 155 Å². The number of fused-ring (bicyclic) bond motifs is 1. The van der Waals surface area contributed by atoms with Crippen LogP contribution >= 0.6 is 0 Å². The zero-order valence-electron chi connectivity index (χ0n) is 14.7. The number of carboxylic acids is 1. The molecule has 144 valence electrons. The Kier molecular flexibility index (Phi) is 5.70. The molecular weight excluding hydrogens is 354 g/mol. The second-order valence-electron chi connectivity index (χ2n) is 6.41. The van der Waals surface area contributed by atoms with Gasteiger partial charge in [0.15, 0.2) is 0 Å². The predicted octanol–water partition coefficient (Wildman–Crippen LogP) is 0.351. The van der Waals surface area contributed by atoms with Crippen molar-refractivity contribution in [1.82, 2.24) is 10.2 Å². The number of nitrogens with one attached hydrogen (secondary N) is 2. The summed E-state index contributed by atoms with van der Waals surface area (Å²) in [4.78, 5) is 48.1. The maximum Gasteiger partial charge on any atom is 0.305 e. The van der Waals surface area contributed by atoms with Crippen molar-refractivity contribution >= 4 is 29.4 Å². The van der Waals surface area contributed by atoms with Crippen LogP contribution in [0.15, 0.2) is 18.2 Å². The van der Waals surface area contributed by atoms with Crippen molar-refractivity contribution in [3.63, 3.8) is 0 Å². The molecule has 0 radical (unpaired) electrons. The summed E-state index contributed by atoms with van der Waals surface area (Å²) in [6.07, 6.45) is 0.496. The zero-order valence-corrected chi connectivity index (χ0v) is 14.7. The number of carbonyl (C=O) groups excluding carboxylic acids is 3. The molecule has 3 amide bonds. The van der Waals surface area contributed by atoms with Crippen molar-refractivity contribution in [2.24, 2.45) is 0 Å². The van der Waals surface area contributed by atoms with Crippen molar-refractivity contribution in [2.45, 2.75) is 31.8 Å². The minimum absolute atomic E-state index is 0.0455. The van der Waals surface area contributed by atoms with E-state index < -0.39 is 17.9 Å². The van der Waals surface area contributed by atoms with Gasteiger partial charge in [0.05, 0.1) is 19.6 Å². The number of ether oxygens (including phenoxy) is 1. The molecule has 3 N–H and O–H groups in total. The van der Waals surface area contributed by atoms with Crippen LogP contribution in [0, 0.1) is 0 Å².